The summed E-state index contributed by atoms with van der Waals surface area (Å²) in [5.41, 5.74) is 0.953. The summed E-state index contributed by atoms with van der Waals surface area (Å²) in [5.74, 6) is 1.41. The summed E-state index contributed by atoms with van der Waals surface area (Å²) < 4.78 is 10.7. The molecule has 15 heavy (non-hydrogen) atoms. The molecule has 0 aliphatic carbocycles. The summed E-state index contributed by atoms with van der Waals surface area (Å²) >= 11 is 0. The van der Waals surface area contributed by atoms with Crippen LogP contribution < -0.4 is 9.47 Å². The van der Waals surface area contributed by atoms with Gasteiger partial charge in [-0.25, -0.2) is 0 Å². The molecular formula is C12H13NO2. The van der Waals surface area contributed by atoms with Gasteiger partial charge in [0.2, 0.25) is 6.79 Å². The van der Waals surface area contributed by atoms with Crippen molar-refractivity contribution in [3.05, 3.63) is 23.8 Å². The minimum atomic E-state index is -0.0911. The fourth-order valence-electron chi connectivity index (χ4n) is 1.81. The second-order valence-electron chi connectivity index (χ2n) is 3.55. The van der Waals surface area contributed by atoms with Gasteiger partial charge in [0.1, 0.15) is 0 Å². The summed E-state index contributed by atoms with van der Waals surface area (Å²) in [6.07, 6.45) is 1.85. The predicted molar refractivity (Wildman–Crippen MR) is 55.8 cm³/mol. The van der Waals surface area contributed by atoms with Crippen LogP contribution in [0.4, 0.5) is 0 Å². The molecule has 0 spiro atoms. The first kappa shape index (κ1) is 9.85. The van der Waals surface area contributed by atoms with Crippen LogP contribution in [0, 0.1) is 11.3 Å². The highest BCUT2D eigenvalue weighted by molar-refractivity contribution is 5.51. The number of hydrogen-bond acceptors (Lipinski definition) is 3. The minimum Gasteiger partial charge on any atom is -0.454 e. The van der Waals surface area contributed by atoms with Crippen molar-refractivity contribution in [1.29, 1.82) is 5.26 Å². The first-order valence-corrected chi connectivity index (χ1v) is 5.15. The first-order valence-electron chi connectivity index (χ1n) is 5.15. The lowest BCUT2D eigenvalue weighted by Crippen LogP contribution is -1.98. The van der Waals surface area contributed by atoms with Gasteiger partial charge >= 0.3 is 0 Å². The van der Waals surface area contributed by atoms with Gasteiger partial charge in [0, 0.05) is 5.56 Å². The number of rotatable bonds is 3. The van der Waals surface area contributed by atoms with Gasteiger partial charge in [-0.3, -0.25) is 0 Å². The standard InChI is InChI=1S/C12H13NO2/c1-2-4-9(7-13)10-5-3-6-11-12(10)15-8-14-11/h3,5-6,9H,2,4,8H2,1H3. The van der Waals surface area contributed by atoms with Crippen molar-refractivity contribution in [2.24, 2.45) is 0 Å². The third-order valence-electron chi connectivity index (χ3n) is 2.54. The smallest absolute Gasteiger partial charge is 0.231 e. The molecule has 0 saturated heterocycles. The summed E-state index contributed by atoms with van der Waals surface area (Å²) in [5, 5.41) is 9.10. The fourth-order valence-corrected chi connectivity index (χ4v) is 1.81. The van der Waals surface area contributed by atoms with E-state index in [0.29, 0.717) is 0 Å². The Balaban J connectivity index is 2.36. The Morgan fingerprint density at radius 2 is 2.33 bits per heavy atom. The highest BCUT2D eigenvalue weighted by Crippen LogP contribution is 2.40. The molecule has 1 aromatic carbocycles. The molecule has 0 aromatic heterocycles. The molecular weight excluding hydrogens is 190 g/mol. The van der Waals surface area contributed by atoms with E-state index in [9.17, 15) is 0 Å². The van der Waals surface area contributed by atoms with Gasteiger partial charge < -0.3 is 9.47 Å². The van der Waals surface area contributed by atoms with E-state index in [1.807, 2.05) is 18.2 Å². The number of para-hydroxylation sites is 1. The van der Waals surface area contributed by atoms with Crippen LogP contribution in [0.5, 0.6) is 11.5 Å². The number of benzene rings is 1. The van der Waals surface area contributed by atoms with Gasteiger partial charge in [-0.2, -0.15) is 5.26 Å². The van der Waals surface area contributed by atoms with Gasteiger partial charge in [-0.05, 0) is 12.5 Å². The predicted octanol–water partition coefficient (Wildman–Crippen LogP) is 2.82. The molecule has 1 aromatic rings. The Labute approximate surface area is 89.2 Å². The van der Waals surface area contributed by atoms with Gasteiger partial charge in [-0.15, -0.1) is 0 Å². The van der Waals surface area contributed by atoms with Crippen LogP contribution in [-0.4, -0.2) is 6.79 Å². The monoisotopic (exact) mass is 203 g/mol. The molecule has 3 heteroatoms. The van der Waals surface area contributed by atoms with Crippen molar-refractivity contribution >= 4 is 0 Å². The van der Waals surface area contributed by atoms with Crippen molar-refractivity contribution < 1.29 is 9.47 Å². The van der Waals surface area contributed by atoms with E-state index in [1.54, 1.807) is 0 Å². The van der Waals surface area contributed by atoms with Crippen LogP contribution in [-0.2, 0) is 0 Å². The summed E-state index contributed by atoms with van der Waals surface area (Å²) in [6.45, 7) is 2.33. The molecule has 1 unspecified atom stereocenters. The zero-order valence-corrected chi connectivity index (χ0v) is 8.69. The molecule has 0 bridgehead atoms. The van der Waals surface area contributed by atoms with E-state index in [4.69, 9.17) is 14.7 Å². The molecule has 0 saturated carbocycles. The summed E-state index contributed by atoms with van der Waals surface area (Å²) in [7, 11) is 0. The van der Waals surface area contributed by atoms with E-state index in [0.717, 1.165) is 29.9 Å². The van der Waals surface area contributed by atoms with Crippen LogP contribution in [0.3, 0.4) is 0 Å². The third-order valence-corrected chi connectivity index (χ3v) is 2.54. The normalized spacial score (nSPS) is 14.7. The lowest BCUT2D eigenvalue weighted by atomic mass is 9.95. The maximum Gasteiger partial charge on any atom is 0.231 e. The van der Waals surface area contributed by atoms with Crippen LogP contribution in [0.15, 0.2) is 18.2 Å². The second-order valence-corrected chi connectivity index (χ2v) is 3.55. The summed E-state index contributed by atoms with van der Waals surface area (Å²) in [4.78, 5) is 0. The number of fused-ring (bicyclic) bond motifs is 1. The first-order chi connectivity index (χ1) is 7.36. The largest absolute Gasteiger partial charge is 0.454 e. The number of nitrogens with zero attached hydrogens (tertiary/aromatic N) is 1. The molecule has 0 N–H and O–H groups in total. The second kappa shape index (κ2) is 4.22. The molecule has 0 amide bonds. The SMILES string of the molecule is CCCC(C#N)c1cccc2c1OCO2. The third kappa shape index (κ3) is 1.75. The molecule has 1 aliphatic rings. The van der Waals surface area contributed by atoms with E-state index in [1.165, 1.54) is 0 Å². The van der Waals surface area contributed by atoms with E-state index in [2.05, 4.69) is 13.0 Å². The van der Waals surface area contributed by atoms with E-state index in [-0.39, 0.29) is 12.7 Å². The molecule has 1 atom stereocenters. The van der Waals surface area contributed by atoms with Gasteiger partial charge in [0.25, 0.3) is 0 Å². The minimum absolute atomic E-state index is 0.0911. The van der Waals surface area contributed by atoms with Crippen LogP contribution in [0.25, 0.3) is 0 Å². The zero-order valence-electron chi connectivity index (χ0n) is 8.69. The Bertz CT molecular complexity index is 395. The van der Waals surface area contributed by atoms with Crippen molar-refractivity contribution in [2.75, 3.05) is 6.79 Å². The van der Waals surface area contributed by atoms with Crippen LogP contribution in [0.2, 0.25) is 0 Å². The lowest BCUT2D eigenvalue weighted by molar-refractivity contribution is 0.173. The summed E-state index contributed by atoms with van der Waals surface area (Å²) in [6, 6.07) is 8.03. The highest BCUT2D eigenvalue weighted by atomic mass is 16.7. The maximum absolute atomic E-state index is 9.10. The lowest BCUT2D eigenvalue weighted by Gasteiger charge is -2.10. The molecule has 1 aliphatic heterocycles. The fraction of sp³-hybridized carbons (Fsp3) is 0.417. The molecule has 1 heterocycles. The number of nitriles is 1. The molecule has 3 nitrogen and oxygen atoms in total. The van der Waals surface area contributed by atoms with Crippen LogP contribution in [0.1, 0.15) is 31.2 Å². The number of ether oxygens (including phenoxy) is 2. The molecule has 0 radical (unpaired) electrons. The van der Waals surface area contributed by atoms with Gasteiger partial charge in [0.15, 0.2) is 11.5 Å². The Morgan fingerprint density at radius 1 is 1.47 bits per heavy atom. The average molecular weight is 203 g/mol. The zero-order chi connectivity index (χ0) is 10.7. The molecule has 78 valence electrons. The number of hydrogen-bond donors (Lipinski definition) is 0. The van der Waals surface area contributed by atoms with Crippen molar-refractivity contribution in [2.45, 2.75) is 25.7 Å². The average Bonchev–Trinajstić information content (AvgIpc) is 2.73. The highest BCUT2D eigenvalue weighted by Gasteiger charge is 2.22. The quantitative estimate of drug-likeness (QED) is 0.758. The topological polar surface area (TPSA) is 42.2 Å². The van der Waals surface area contributed by atoms with Crippen LogP contribution >= 0.6 is 0 Å². The van der Waals surface area contributed by atoms with Crippen molar-refractivity contribution in [3.63, 3.8) is 0 Å². The Morgan fingerprint density at radius 3 is 3.07 bits per heavy atom. The van der Waals surface area contributed by atoms with E-state index >= 15 is 0 Å². The van der Waals surface area contributed by atoms with Gasteiger partial charge in [-0.1, -0.05) is 25.5 Å². The Kier molecular flexibility index (Phi) is 2.77. The maximum atomic E-state index is 9.10. The Hall–Kier alpha value is -1.69. The van der Waals surface area contributed by atoms with Crippen molar-refractivity contribution in [1.82, 2.24) is 0 Å². The van der Waals surface area contributed by atoms with Gasteiger partial charge in [0.05, 0.1) is 12.0 Å². The van der Waals surface area contributed by atoms with Crippen molar-refractivity contribution in [3.8, 4) is 17.6 Å². The molecule has 0 fully saturated rings. The van der Waals surface area contributed by atoms with E-state index < -0.39 is 0 Å². The molecule has 2 rings (SSSR count).